The van der Waals surface area contributed by atoms with Gasteiger partial charge in [-0.25, -0.2) is 4.98 Å². The van der Waals surface area contributed by atoms with Gasteiger partial charge in [0.05, 0.1) is 19.9 Å². The van der Waals surface area contributed by atoms with Crippen LogP contribution in [0.5, 0.6) is 11.5 Å². The molecule has 0 saturated heterocycles. The Labute approximate surface area is 151 Å². The second kappa shape index (κ2) is 7.83. The average molecular weight is 370 g/mol. The lowest BCUT2D eigenvalue weighted by Gasteiger charge is -2.20. The summed E-state index contributed by atoms with van der Waals surface area (Å²) in [6.07, 6.45) is 0.925. The summed E-state index contributed by atoms with van der Waals surface area (Å²) in [5, 5.41) is 3.52. The molecule has 0 fully saturated rings. The average Bonchev–Trinajstić information content (AvgIpc) is 2.95. The fourth-order valence-electron chi connectivity index (χ4n) is 2.52. The van der Waals surface area contributed by atoms with Gasteiger partial charge >= 0.3 is 0 Å². The molecule has 1 aromatic heterocycles. The number of carbonyl (C=O) groups excluding carboxylic acids is 1. The third kappa shape index (κ3) is 3.80. The Bertz CT molecular complexity index is 735. The first-order chi connectivity index (χ1) is 11.1. The van der Waals surface area contributed by atoms with Crippen molar-refractivity contribution in [3.05, 3.63) is 34.3 Å². The maximum atomic E-state index is 12.4. The van der Waals surface area contributed by atoms with Crippen molar-refractivity contribution in [3.8, 4) is 11.5 Å². The number of hydrogen-bond donors (Lipinski definition) is 1. The lowest BCUT2D eigenvalue weighted by molar-refractivity contribution is 0.102. The number of fused-ring (bicyclic) bond motifs is 1. The van der Waals surface area contributed by atoms with E-state index in [0.29, 0.717) is 22.2 Å². The van der Waals surface area contributed by atoms with Gasteiger partial charge in [0.1, 0.15) is 0 Å². The number of nitrogens with one attached hydrogen (secondary N) is 1. The van der Waals surface area contributed by atoms with E-state index in [1.54, 1.807) is 32.4 Å². The molecule has 0 atom stereocenters. The second-order valence-corrected chi connectivity index (χ2v) is 6.48. The number of anilines is 1. The van der Waals surface area contributed by atoms with E-state index in [1.165, 1.54) is 16.2 Å². The third-order valence-corrected chi connectivity index (χ3v) is 4.79. The molecule has 3 rings (SSSR count). The first kappa shape index (κ1) is 18.5. The molecule has 0 bridgehead atoms. The highest BCUT2D eigenvalue weighted by Crippen LogP contribution is 2.30. The van der Waals surface area contributed by atoms with E-state index in [1.807, 2.05) is 0 Å². The Morgan fingerprint density at radius 1 is 1.29 bits per heavy atom. The van der Waals surface area contributed by atoms with Crippen LogP contribution in [0.3, 0.4) is 0 Å². The maximum absolute atomic E-state index is 12.4. The van der Waals surface area contributed by atoms with Crippen LogP contribution in [0, 0.1) is 0 Å². The quantitative estimate of drug-likeness (QED) is 0.897. The highest BCUT2D eigenvalue weighted by molar-refractivity contribution is 7.15. The van der Waals surface area contributed by atoms with Crippen LogP contribution in [0.25, 0.3) is 0 Å². The molecule has 0 unspecified atom stereocenters. The van der Waals surface area contributed by atoms with E-state index in [4.69, 9.17) is 9.47 Å². The lowest BCUT2D eigenvalue weighted by atomic mass is 10.2. The number of thiazole rings is 1. The summed E-state index contributed by atoms with van der Waals surface area (Å²) in [5.74, 6) is 0.919. The van der Waals surface area contributed by atoms with Gasteiger partial charge in [-0.1, -0.05) is 0 Å². The van der Waals surface area contributed by atoms with Gasteiger partial charge < -0.3 is 14.4 Å². The minimum absolute atomic E-state index is 0. The SMILES string of the molecule is COc1ccc(C(=O)Nc2nc3c(s2)CN(C)CC3)cc1OC.Cl. The molecule has 1 amide bonds. The molecular weight excluding hydrogens is 350 g/mol. The molecule has 1 N–H and O–H groups in total. The third-order valence-electron chi connectivity index (χ3n) is 3.79. The van der Waals surface area contributed by atoms with E-state index in [9.17, 15) is 4.79 Å². The second-order valence-electron chi connectivity index (χ2n) is 5.40. The number of aromatic nitrogens is 1. The van der Waals surface area contributed by atoms with E-state index in [-0.39, 0.29) is 18.3 Å². The molecule has 0 saturated carbocycles. The molecular formula is C16H20ClN3O3S. The zero-order valence-electron chi connectivity index (χ0n) is 13.8. The zero-order valence-corrected chi connectivity index (χ0v) is 15.4. The molecule has 1 aliphatic rings. The van der Waals surface area contributed by atoms with Gasteiger partial charge in [-0.2, -0.15) is 0 Å². The molecule has 1 aromatic carbocycles. The minimum Gasteiger partial charge on any atom is -0.493 e. The number of nitrogens with zero attached hydrogens (tertiary/aromatic N) is 2. The Morgan fingerprint density at radius 2 is 2.04 bits per heavy atom. The van der Waals surface area contributed by atoms with Crippen molar-refractivity contribution in [3.63, 3.8) is 0 Å². The molecule has 0 spiro atoms. The van der Waals surface area contributed by atoms with Crippen molar-refractivity contribution in [2.45, 2.75) is 13.0 Å². The molecule has 2 aromatic rings. The summed E-state index contributed by atoms with van der Waals surface area (Å²) in [5.41, 5.74) is 1.60. The van der Waals surface area contributed by atoms with Gasteiger partial charge in [0.15, 0.2) is 16.6 Å². The predicted octanol–water partition coefficient (Wildman–Crippen LogP) is 2.82. The van der Waals surface area contributed by atoms with Crippen molar-refractivity contribution in [1.82, 2.24) is 9.88 Å². The lowest BCUT2D eigenvalue weighted by Crippen LogP contribution is -2.25. The zero-order chi connectivity index (χ0) is 16.4. The largest absolute Gasteiger partial charge is 0.493 e. The highest BCUT2D eigenvalue weighted by atomic mass is 35.5. The van der Waals surface area contributed by atoms with Crippen LogP contribution in [-0.4, -0.2) is 43.6 Å². The molecule has 24 heavy (non-hydrogen) atoms. The topological polar surface area (TPSA) is 63.7 Å². The fraction of sp³-hybridized carbons (Fsp3) is 0.375. The monoisotopic (exact) mass is 369 g/mol. The maximum Gasteiger partial charge on any atom is 0.257 e. The number of halogens is 1. The standard InChI is InChI=1S/C16H19N3O3S.ClH/c1-19-7-6-11-14(9-19)23-16(17-11)18-15(20)10-4-5-12(21-2)13(8-10)22-3;/h4-5,8H,6-7,9H2,1-3H3,(H,17,18,20);1H. The molecule has 1 aliphatic heterocycles. The number of rotatable bonds is 4. The molecule has 2 heterocycles. The number of methoxy groups -OCH3 is 2. The summed E-state index contributed by atoms with van der Waals surface area (Å²) >= 11 is 1.54. The van der Waals surface area contributed by atoms with Crippen molar-refractivity contribution in [2.24, 2.45) is 0 Å². The van der Waals surface area contributed by atoms with Crippen molar-refractivity contribution >= 4 is 34.8 Å². The van der Waals surface area contributed by atoms with Gasteiger partial charge in [-0.05, 0) is 25.2 Å². The van der Waals surface area contributed by atoms with Crippen LogP contribution in [-0.2, 0) is 13.0 Å². The molecule has 6 nitrogen and oxygen atoms in total. The summed E-state index contributed by atoms with van der Waals surface area (Å²) in [6, 6.07) is 5.09. The summed E-state index contributed by atoms with van der Waals surface area (Å²) in [6.45, 7) is 1.89. The van der Waals surface area contributed by atoms with Gasteiger partial charge in [-0.3, -0.25) is 10.1 Å². The number of benzene rings is 1. The van der Waals surface area contributed by atoms with Crippen LogP contribution >= 0.6 is 23.7 Å². The van der Waals surface area contributed by atoms with Crippen LogP contribution in [0.2, 0.25) is 0 Å². The van der Waals surface area contributed by atoms with Crippen molar-refractivity contribution in [2.75, 3.05) is 33.1 Å². The number of hydrogen-bond acceptors (Lipinski definition) is 6. The normalized spacial score (nSPS) is 13.6. The van der Waals surface area contributed by atoms with Crippen LogP contribution < -0.4 is 14.8 Å². The van der Waals surface area contributed by atoms with E-state index in [0.717, 1.165) is 25.2 Å². The van der Waals surface area contributed by atoms with E-state index >= 15 is 0 Å². The van der Waals surface area contributed by atoms with Gasteiger partial charge in [-0.15, -0.1) is 23.7 Å². The first-order valence-corrected chi connectivity index (χ1v) is 8.13. The Morgan fingerprint density at radius 3 is 2.75 bits per heavy atom. The fourth-order valence-corrected chi connectivity index (χ4v) is 3.61. The van der Waals surface area contributed by atoms with Gasteiger partial charge in [0.25, 0.3) is 5.91 Å². The molecule has 0 aliphatic carbocycles. The number of ether oxygens (including phenoxy) is 2. The van der Waals surface area contributed by atoms with Gasteiger partial charge in [0.2, 0.25) is 0 Å². The molecule has 0 radical (unpaired) electrons. The van der Waals surface area contributed by atoms with Gasteiger partial charge in [0, 0.05) is 30.0 Å². The molecule has 8 heteroatoms. The van der Waals surface area contributed by atoms with Crippen LogP contribution in [0.4, 0.5) is 5.13 Å². The Hall–Kier alpha value is -1.83. The predicted molar refractivity (Wildman–Crippen MR) is 96.9 cm³/mol. The number of likely N-dealkylation sites (N-methyl/N-ethyl adjacent to an activating group) is 1. The smallest absolute Gasteiger partial charge is 0.257 e. The van der Waals surface area contributed by atoms with Crippen LogP contribution in [0.1, 0.15) is 20.9 Å². The minimum atomic E-state index is -0.203. The number of carbonyl (C=O) groups is 1. The Kier molecular flexibility index (Phi) is 6.04. The molecule has 130 valence electrons. The number of amides is 1. The van der Waals surface area contributed by atoms with Crippen LogP contribution in [0.15, 0.2) is 18.2 Å². The van der Waals surface area contributed by atoms with E-state index < -0.39 is 0 Å². The van der Waals surface area contributed by atoms with E-state index in [2.05, 4.69) is 22.2 Å². The summed E-state index contributed by atoms with van der Waals surface area (Å²) in [7, 11) is 5.20. The first-order valence-electron chi connectivity index (χ1n) is 7.31. The van der Waals surface area contributed by atoms with Crippen molar-refractivity contribution < 1.29 is 14.3 Å². The van der Waals surface area contributed by atoms with Crippen molar-refractivity contribution in [1.29, 1.82) is 0 Å². The summed E-state index contributed by atoms with van der Waals surface area (Å²) < 4.78 is 10.4. The Balaban J connectivity index is 0.00000208. The summed E-state index contributed by atoms with van der Waals surface area (Å²) in [4.78, 5) is 20.4. The highest BCUT2D eigenvalue weighted by Gasteiger charge is 2.19.